The lowest BCUT2D eigenvalue weighted by Gasteiger charge is -2.23. The van der Waals surface area contributed by atoms with E-state index in [0.29, 0.717) is 0 Å². The minimum atomic E-state index is -3.68. The first-order valence-electron chi connectivity index (χ1n) is 5.90. The van der Waals surface area contributed by atoms with Crippen molar-refractivity contribution in [2.45, 2.75) is 19.7 Å². The van der Waals surface area contributed by atoms with E-state index in [9.17, 15) is 24.5 Å². The molecule has 0 rings (SSSR count). The molecule has 0 aliphatic carbocycles. The Morgan fingerprint density at radius 2 is 1.85 bits per heavy atom. The van der Waals surface area contributed by atoms with Crippen molar-refractivity contribution in [2.24, 2.45) is 11.8 Å². The lowest BCUT2D eigenvalue weighted by atomic mass is 9.95. The highest BCUT2D eigenvalue weighted by Gasteiger charge is 2.33. The smallest absolute Gasteiger partial charge is 0.316 e. The van der Waals surface area contributed by atoms with Crippen LogP contribution in [-0.4, -0.2) is 63.0 Å². The van der Waals surface area contributed by atoms with Gasteiger partial charge in [0.15, 0.2) is 0 Å². The van der Waals surface area contributed by atoms with Gasteiger partial charge in [0.2, 0.25) is 7.37 Å². The number of aliphatic hydroxyl groups excluding tert-OH is 1. The molecule has 0 radical (unpaired) electrons. The zero-order chi connectivity index (χ0) is 16.1. The van der Waals surface area contributed by atoms with Crippen molar-refractivity contribution in [1.29, 1.82) is 0 Å². The van der Waals surface area contributed by atoms with Crippen molar-refractivity contribution in [3.05, 3.63) is 0 Å². The van der Waals surface area contributed by atoms with Crippen LogP contribution in [0.5, 0.6) is 0 Å². The summed E-state index contributed by atoms with van der Waals surface area (Å²) in [7, 11) is -3.68. The summed E-state index contributed by atoms with van der Waals surface area (Å²) in [6.45, 7) is 3.24. The van der Waals surface area contributed by atoms with Gasteiger partial charge in [0.05, 0.1) is 6.67 Å². The maximum absolute atomic E-state index is 11.7. The quantitative estimate of drug-likeness (QED) is 0.130. The highest BCUT2D eigenvalue weighted by atomic mass is 31.2. The van der Waals surface area contributed by atoms with Gasteiger partial charge in [-0.05, 0) is 5.92 Å². The second-order valence-electron chi connectivity index (χ2n) is 4.83. The molecule has 3 unspecified atom stereocenters. The van der Waals surface area contributed by atoms with Gasteiger partial charge in [-0.1, -0.05) is 13.8 Å². The molecule has 0 saturated carbocycles. The molecule has 0 saturated heterocycles. The molecule has 0 aromatic carbocycles. The lowest BCUT2D eigenvalue weighted by Crippen LogP contribution is -2.45. The zero-order valence-electron chi connectivity index (χ0n) is 11.6. The zero-order valence-corrected chi connectivity index (χ0v) is 12.4. The number of carboxylic acids is 1. The van der Waals surface area contributed by atoms with E-state index in [2.05, 4.69) is 5.32 Å². The third-order valence-electron chi connectivity index (χ3n) is 2.59. The SMILES string of the molecule is CC(C)C(C(=O)O)C(=O)N(O)CNCC(O)P(C)(=O)O. The summed E-state index contributed by atoms with van der Waals surface area (Å²) in [4.78, 5) is 31.6. The van der Waals surface area contributed by atoms with Gasteiger partial charge in [-0.25, -0.2) is 5.06 Å². The monoisotopic (exact) mass is 312 g/mol. The van der Waals surface area contributed by atoms with Gasteiger partial charge >= 0.3 is 5.97 Å². The number of amides is 1. The van der Waals surface area contributed by atoms with Crippen LogP contribution in [0.4, 0.5) is 0 Å². The van der Waals surface area contributed by atoms with Gasteiger partial charge in [-0.15, -0.1) is 0 Å². The number of carboxylic acid groups (broad SMARTS) is 1. The third kappa shape index (κ3) is 5.98. The molecule has 0 fully saturated rings. The number of aliphatic carboxylic acids is 1. The predicted octanol–water partition coefficient (Wildman–Crippen LogP) is -0.673. The average Bonchev–Trinajstić information content (AvgIpc) is 2.26. The molecule has 9 nitrogen and oxygen atoms in total. The van der Waals surface area contributed by atoms with E-state index in [1.165, 1.54) is 13.8 Å². The largest absolute Gasteiger partial charge is 0.481 e. The fraction of sp³-hybridized carbons (Fsp3) is 0.800. The minimum absolute atomic E-state index is 0.170. The Balaban J connectivity index is 4.41. The summed E-state index contributed by atoms with van der Waals surface area (Å²) in [6.07, 6.45) is 0. The van der Waals surface area contributed by atoms with Gasteiger partial charge < -0.3 is 15.1 Å². The molecular formula is C10H21N2O7P. The fourth-order valence-electron chi connectivity index (χ4n) is 1.38. The minimum Gasteiger partial charge on any atom is -0.481 e. The normalized spacial score (nSPS) is 17.4. The second-order valence-corrected chi connectivity index (χ2v) is 7.32. The molecular weight excluding hydrogens is 291 g/mol. The van der Waals surface area contributed by atoms with Crippen LogP contribution in [0, 0.1) is 11.8 Å². The Labute approximate surface area is 116 Å². The molecule has 20 heavy (non-hydrogen) atoms. The van der Waals surface area contributed by atoms with Crippen LogP contribution in [0.1, 0.15) is 13.8 Å². The van der Waals surface area contributed by atoms with E-state index >= 15 is 0 Å². The summed E-state index contributed by atoms with van der Waals surface area (Å²) in [6, 6.07) is 0. The molecule has 0 aliphatic rings. The van der Waals surface area contributed by atoms with Crippen LogP contribution in [0.2, 0.25) is 0 Å². The first-order chi connectivity index (χ1) is 8.98. The van der Waals surface area contributed by atoms with Crippen molar-refractivity contribution in [2.75, 3.05) is 19.9 Å². The Hall–Kier alpha value is -0.990. The van der Waals surface area contributed by atoms with Crippen LogP contribution in [0.25, 0.3) is 0 Å². The highest BCUT2D eigenvalue weighted by molar-refractivity contribution is 7.57. The van der Waals surface area contributed by atoms with Gasteiger partial charge in [0.25, 0.3) is 5.91 Å². The van der Waals surface area contributed by atoms with Crippen molar-refractivity contribution in [3.8, 4) is 0 Å². The second kappa shape index (κ2) is 7.70. The topological polar surface area (TPSA) is 147 Å². The number of rotatable bonds is 8. The lowest BCUT2D eigenvalue weighted by molar-refractivity contribution is -0.178. The molecule has 0 heterocycles. The maximum atomic E-state index is 11.7. The number of nitrogens with zero attached hydrogens (tertiary/aromatic N) is 1. The van der Waals surface area contributed by atoms with E-state index in [-0.39, 0.29) is 11.6 Å². The van der Waals surface area contributed by atoms with Crippen molar-refractivity contribution < 1.29 is 34.5 Å². The molecule has 0 spiro atoms. The molecule has 0 aromatic rings. The first-order valence-corrected chi connectivity index (χ1v) is 8.07. The fourth-order valence-corrected chi connectivity index (χ4v) is 1.85. The van der Waals surface area contributed by atoms with Crippen molar-refractivity contribution in [1.82, 2.24) is 10.4 Å². The Morgan fingerprint density at radius 3 is 2.20 bits per heavy atom. The number of nitrogens with one attached hydrogen (secondary N) is 1. The molecule has 5 N–H and O–H groups in total. The van der Waals surface area contributed by atoms with Gasteiger partial charge in [-0.2, -0.15) is 0 Å². The predicted molar refractivity (Wildman–Crippen MR) is 69.2 cm³/mol. The summed E-state index contributed by atoms with van der Waals surface area (Å²) in [5.74, 6) is -5.78. The number of carbonyl (C=O) groups excluding carboxylic acids is 1. The van der Waals surface area contributed by atoms with Crippen molar-refractivity contribution >= 4 is 19.2 Å². The third-order valence-corrected chi connectivity index (χ3v) is 3.88. The van der Waals surface area contributed by atoms with Crippen LogP contribution in [-0.2, 0) is 14.2 Å². The van der Waals surface area contributed by atoms with E-state index in [0.717, 1.165) is 6.66 Å². The van der Waals surface area contributed by atoms with Crippen LogP contribution < -0.4 is 5.32 Å². The first kappa shape index (κ1) is 19.0. The molecule has 1 amide bonds. The standard InChI is InChI=1S/C10H21N2O7P/c1-6(2)8(10(15)16)9(14)12(17)5-11-4-7(13)20(3,18)19/h6-8,11,13,17H,4-5H2,1-3H3,(H,15,16)(H,18,19). The molecule has 10 heteroatoms. The summed E-state index contributed by atoms with van der Waals surface area (Å²) in [5.41, 5.74) is 0. The van der Waals surface area contributed by atoms with E-state index in [4.69, 9.17) is 10.00 Å². The molecule has 0 aromatic heterocycles. The Bertz CT molecular complexity index is 395. The van der Waals surface area contributed by atoms with E-state index in [1.54, 1.807) is 0 Å². The molecule has 118 valence electrons. The van der Waals surface area contributed by atoms with Crippen molar-refractivity contribution in [3.63, 3.8) is 0 Å². The molecule has 0 bridgehead atoms. The Kier molecular flexibility index (Phi) is 7.32. The highest BCUT2D eigenvalue weighted by Crippen LogP contribution is 2.39. The van der Waals surface area contributed by atoms with Gasteiger partial charge in [-0.3, -0.25) is 24.7 Å². The maximum Gasteiger partial charge on any atom is 0.316 e. The van der Waals surface area contributed by atoms with E-state index in [1.807, 2.05) is 0 Å². The average molecular weight is 312 g/mol. The number of hydroxylamine groups is 2. The van der Waals surface area contributed by atoms with E-state index < -0.39 is 43.6 Å². The summed E-state index contributed by atoms with van der Waals surface area (Å²) in [5, 5.41) is 30.2. The summed E-state index contributed by atoms with van der Waals surface area (Å²) < 4.78 is 11.1. The number of hydrogen-bond acceptors (Lipinski definition) is 6. The van der Waals surface area contributed by atoms with Gasteiger partial charge in [0, 0.05) is 13.2 Å². The molecule has 0 aliphatic heterocycles. The number of carbonyl (C=O) groups is 2. The van der Waals surface area contributed by atoms with Crippen LogP contribution >= 0.6 is 7.37 Å². The Morgan fingerprint density at radius 1 is 1.35 bits per heavy atom. The number of aliphatic hydroxyl groups is 1. The summed E-state index contributed by atoms with van der Waals surface area (Å²) >= 11 is 0. The van der Waals surface area contributed by atoms with Crippen LogP contribution in [0.3, 0.4) is 0 Å². The van der Waals surface area contributed by atoms with Gasteiger partial charge in [0.1, 0.15) is 11.8 Å². The number of hydrogen-bond donors (Lipinski definition) is 5. The van der Waals surface area contributed by atoms with Crippen LogP contribution in [0.15, 0.2) is 0 Å². The molecule has 3 atom stereocenters.